The first-order valence-corrected chi connectivity index (χ1v) is 8.14. The summed E-state index contributed by atoms with van der Waals surface area (Å²) in [5.74, 6) is -0.682. The summed E-state index contributed by atoms with van der Waals surface area (Å²) in [5.41, 5.74) is 1.08. The number of benzene rings is 2. The number of hydrogen-bond donors (Lipinski definition) is 2. The maximum atomic E-state index is 12.9. The molecule has 0 bridgehead atoms. The van der Waals surface area contributed by atoms with Crippen molar-refractivity contribution in [2.45, 2.75) is 19.5 Å². The van der Waals surface area contributed by atoms with Gasteiger partial charge in [-0.05, 0) is 49.0 Å². The van der Waals surface area contributed by atoms with Gasteiger partial charge in [0.1, 0.15) is 11.9 Å². The van der Waals surface area contributed by atoms with E-state index in [0.29, 0.717) is 10.9 Å². The fraction of sp³-hybridized carbons (Fsp3) is 0.167. The van der Waals surface area contributed by atoms with Gasteiger partial charge in [-0.1, -0.05) is 24.3 Å². The molecule has 3 rings (SSSR count). The van der Waals surface area contributed by atoms with Crippen molar-refractivity contribution in [3.63, 3.8) is 0 Å². The zero-order valence-electron chi connectivity index (χ0n) is 13.5. The third kappa shape index (κ3) is 3.51. The molecule has 0 aliphatic heterocycles. The summed E-state index contributed by atoms with van der Waals surface area (Å²) < 4.78 is 14.4. The van der Waals surface area contributed by atoms with Crippen molar-refractivity contribution in [2.24, 2.45) is 0 Å². The Kier molecular flexibility index (Phi) is 4.76. The number of rotatable bonds is 4. The van der Waals surface area contributed by atoms with Crippen molar-refractivity contribution in [3.8, 4) is 0 Å². The molecule has 0 fully saturated rings. The lowest BCUT2D eigenvalue weighted by molar-refractivity contribution is -0.124. The van der Waals surface area contributed by atoms with Crippen LogP contribution >= 0.6 is 12.2 Å². The monoisotopic (exact) mass is 357 g/mol. The summed E-state index contributed by atoms with van der Waals surface area (Å²) in [4.78, 5) is 28.1. The lowest BCUT2D eigenvalue weighted by Crippen LogP contribution is -2.36. The number of hydrogen-bond acceptors (Lipinski definition) is 3. The van der Waals surface area contributed by atoms with Gasteiger partial charge in [0.05, 0.1) is 10.9 Å². The topological polar surface area (TPSA) is 66.9 Å². The minimum absolute atomic E-state index is 0.188. The van der Waals surface area contributed by atoms with Gasteiger partial charge < -0.3 is 10.3 Å². The lowest BCUT2D eigenvalue weighted by Gasteiger charge is -2.16. The molecule has 1 amide bonds. The number of amides is 1. The van der Waals surface area contributed by atoms with Crippen LogP contribution in [0.2, 0.25) is 0 Å². The van der Waals surface area contributed by atoms with Crippen molar-refractivity contribution < 1.29 is 9.18 Å². The number of halogens is 1. The zero-order valence-corrected chi connectivity index (χ0v) is 14.3. The van der Waals surface area contributed by atoms with Crippen LogP contribution in [0.5, 0.6) is 0 Å². The second kappa shape index (κ2) is 6.98. The Morgan fingerprint density at radius 3 is 2.64 bits per heavy atom. The Morgan fingerprint density at radius 2 is 1.92 bits per heavy atom. The molecule has 5 nitrogen and oxygen atoms in total. The third-order valence-electron chi connectivity index (χ3n) is 3.98. The number of nitrogens with one attached hydrogen (secondary N) is 2. The maximum Gasteiger partial charge on any atom is 0.262 e. The van der Waals surface area contributed by atoms with Crippen LogP contribution in [0.25, 0.3) is 10.9 Å². The number of aromatic nitrogens is 2. The highest BCUT2D eigenvalue weighted by molar-refractivity contribution is 7.71. The van der Waals surface area contributed by atoms with Crippen molar-refractivity contribution in [2.75, 3.05) is 0 Å². The average Bonchev–Trinajstić information content (AvgIpc) is 2.61. The van der Waals surface area contributed by atoms with E-state index in [9.17, 15) is 14.0 Å². The van der Waals surface area contributed by atoms with Gasteiger partial charge in [0.25, 0.3) is 5.56 Å². The highest BCUT2D eigenvalue weighted by Gasteiger charge is 2.18. The normalized spacial score (nSPS) is 12.1. The Hall–Kier alpha value is -2.80. The number of para-hydroxylation sites is 1. The van der Waals surface area contributed by atoms with Gasteiger partial charge in [-0.2, -0.15) is 0 Å². The van der Waals surface area contributed by atoms with E-state index in [0.717, 1.165) is 5.56 Å². The van der Waals surface area contributed by atoms with Crippen LogP contribution in [0, 0.1) is 10.6 Å². The minimum Gasteiger partial charge on any atom is -0.350 e. The standard InChI is InChI=1S/C18H16FN3O2S/c1-11(16(23)20-10-12-6-8-13(19)9-7-12)22-17(24)14-4-2-3-5-15(14)21-18(22)25/h2-9,11H,10H2,1H3,(H,20,23)(H,21,25)/t11-/m0/s1. The van der Waals surface area contributed by atoms with Crippen molar-refractivity contribution in [3.05, 3.63) is 75.0 Å². The van der Waals surface area contributed by atoms with Gasteiger partial charge in [-0.3, -0.25) is 14.2 Å². The first kappa shape index (κ1) is 17.0. The van der Waals surface area contributed by atoms with E-state index in [1.54, 1.807) is 43.3 Å². The molecule has 7 heteroatoms. The second-order valence-corrected chi connectivity index (χ2v) is 6.06. The predicted octanol–water partition coefficient (Wildman–Crippen LogP) is 3.08. The van der Waals surface area contributed by atoms with E-state index in [4.69, 9.17) is 12.2 Å². The molecule has 1 atom stereocenters. The molecule has 0 aliphatic carbocycles. The van der Waals surface area contributed by atoms with E-state index >= 15 is 0 Å². The van der Waals surface area contributed by atoms with E-state index in [1.807, 2.05) is 0 Å². The van der Waals surface area contributed by atoms with Gasteiger partial charge in [0, 0.05) is 6.54 Å². The Labute approximate surface area is 148 Å². The molecule has 25 heavy (non-hydrogen) atoms. The van der Waals surface area contributed by atoms with Gasteiger partial charge in [0.2, 0.25) is 5.91 Å². The summed E-state index contributed by atoms with van der Waals surface area (Å²) in [6, 6.07) is 12.1. The molecule has 3 aromatic rings. The summed E-state index contributed by atoms with van der Waals surface area (Å²) in [5, 5.41) is 3.20. The summed E-state index contributed by atoms with van der Waals surface area (Å²) >= 11 is 5.24. The first-order chi connectivity index (χ1) is 12.0. The van der Waals surface area contributed by atoms with Crippen LogP contribution in [0.4, 0.5) is 4.39 Å². The molecule has 128 valence electrons. The number of aromatic amines is 1. The zero-order chi connectivity index (χ0) is 18.0. The van der Waals surface area contributed by atoms with Gasteiger partial charge in [0.15, 0.2) is 4.77 Å². The van der Waals surface area contributed by atoms with Crippen molar-refractivity contribution in [1.82, 2.24) is 14.9 Å². The molecule has 0 radical (unpaired) electrons. The fourth-order valence-corrected chi connectivity index (χ4v) is 2.94. The van der Waals surface area contributed by atoms with Crippen LogP contribution in [-0.2, 0) is 11.3 Å². The predicted molar refractivity (Wildman–Crippen MR) is 96.4 cm³/mol. The Bertz CT molecular complexity index is 1040. The molecule has 1 heterocycles. The SMILES string of the molecule is C[C@@H](C(=O)NCc1ccc(F)cc1)n1c(=S)[nH]c2ccccc2c1=O. The van der Waals surface area contributed by atoms with E-state index in [-0.39, 0.29) is 28.6 Å². The average molecular weight is 357 g/mol. The molecule has 1 aromatic heterocycles. The molecule has 2 N–H and O–H groups in total. The Morgan fingerprint density at radius 1 is 1.24 bits per heavy atom. The van der Waals surface area contributed by atoms with E-state index in [2.05, 4.69) is 10.3 Å². The molecule has 0 unspecified atom stereocenters. The smallest absolute Gasteiger partial charge is 0.262 e. The van der Waals surface area contributed by atoms with Gasteiger partial charge in [-0.15, -0.1) is 0 Å². The van der Waals surface area contributed by atoms with Crippen LogP contribution in [-0.4, -0.2) is 15.5 Å². The van der Waals surface area contributed by atoms with Crippen molar-refractivity contribution in [1.29, 1.82) is 0 Å². The molecular formula is C18H16FN3O2S. The summed E-state index contributed by atoms with van der Waals surface area (Å²) in [6.45, 7) is 1.85. The van der Waals surface area contributed by atoms with Gasteiger partial charge in [-0.25, -0.2) is 4.39 Å². The quantitative estimate of drug-likeness (QED) is 0.705. The number of fused-ring (bicyclic) bond motifs is 1. The molecule has 0 spiro atoms. The van der Waals surface area contributed by atoms with Crippen LogP contribution in [0.3, 0.4) is 0 Å². The lowest BCUT2D eigenvalue weighted by atomic mass is 10.2. The van der Waals surface area contributed by atoms with Gasteiger partial charge >= 0.3 is 0 Å². The molecule has 0 saturated carbocycles. The maximum absolute atomic E-state index is 12.9. The summed E-state index contributed by atoms with van der Waals surface area (Å²) in [6.07, 6.45) is 0. The van der Waals surface area contributed by atoms with Crippen LogP contribution in [0.1, 0.15) is 18.5 Å². The first-order valence-electron chi connectivity index (χ1n) is 7.73. The molecule has 2 aromatic carbocycles. The second-order valence-electron chi connectivity index (χ2n) is 5.67. The highest BCUT2D eigenvalue weighted by atomic mass is 32.1. The third-order valence-corrected chi connectivity index (χ3v) is 4.28. The van der Waals surface area contributed by atoms with Crippen molar-refractivity contribution >= 4 is 29.0 Å². The van der Waals surface area contributed by atoms with Crippen LogP contribution in [0.15, 0.2) is 53.3 Å². The molecule has 0 saturated heterocycles. The van der Waals surface area contributed by atoms with E-state index < -0.39 is 6.04 Å². The number of carbonyl (C=O) groups excluding carboxylic acids is 1. The number of nitrogens with zero attached hydrogens (tertiary/aromatic N) is 1. The number of carbonyl (C=O) groups is 1. The minimum atomic E-state index is -0.777. The van der Waals surface area contributed by atoms with Crippen LogP contribution < -0.4 is 10.9 Å². The highest BCUT2D eigenvalue weighted by Crippen LogP contribution is 2.10. The fourth-order valence-electron chi connectivity index (χ4n) is 2.58. The largest absolute Gasteiger partial charge is 0.350 e. The summed E-state index contributed by atoms with van der Waals surface area (Å²) in [7, 11) is 0. The molecule has 0 aliphatic rings. The van der Waals surface area contributed by atoms with E-state index in [1.165, 1.54) is 16.7 Å². The Balaban J connectivity index is 1.85. The molecular weight excluding hydrogens is 341 g/mol. The number of H-pyrrole nitrogens is 1.